The molecule has 4 nitrogen and oxygen atoms in total. The molecular weight excluding hydrogens is 270 g/mol. The second-order valence-corrected chi connectivity index (χ2v) is 2.91. The summed E-state index contributed by atoms with van der Waals surface area (Å²) in [4.78, 5) is 23.6. The molecule has 0 atom stereocenters. The first kappa shape index (κ1) is 7.80. The van der Waals surface area contributed by atoms with E-state index in [-0.39, 0.29) is 5.15 Å². The zero-order chi connectivity index (χ0) is 7.72. The molecular formula is C4H2ClIN2O2. The number of nitrogens with one attached hydrogen (secondary N) is 1. The number of hydrogen-bond acceptors (Lipinski definition) is 2. The van der Waals surface area contributed by atoms with Gasteiger partial charge in [-0.3, -0.25) is 9.78 Å². The molecule has 0 saturated carbocycles. The first-order chi connectivity index (χ1) is 4.61. The van der Waals surface area contributed by atoms with Crippen LogP contribution >= 0.6 is 34.5 Å². The van der Waals surface area contributed by atoms with Crippen LogP contribution in [0.25, 0.3) is 0 Å². The van der Waals surface area contributed by atoms with Crippen LogP contribution in [0.15, 0.2) is 15.7 Å². The maximum Gasteiger partial charge on any atom is 0.338 e. The van der Waals surface area contributed by atoms with Crippen LogP contribution in [0.5, 0.6) is 0 Å². The van der Waals surface area contributed by atoms with Crippen LogP contribution < -0.4 is 11.2 Å². The quantitative estimate of drug-likeness (QED) is 0.549. The zero-order valence-electron chi connectivity index (χ0n) is 4.60. The highest BCUT2D eigenvalue weighted by Crippen LogP contribution is 1.93. The van der Waals surface area contributed by atoms with Gasteiger partial charge in [-0.15, -0.1) is 0 Å². The van der Waals surface area contributed by atoms with Crippen LogP contribution in [0.2, 0.25) is 5.15 Å². The smallest absolute Gasteiger partial charge is 0.297 e. The number of hydrogen-bond donors (Lipinski definition) is 1. The number of aromatic nitrogens is 2. The Morgan fingerprint density at radius 3 is 2.70 bits per heavy atom. The minimum atomic E-state index is -0.516. The molecule has 0 radical (unpaired) electrons. The highest BCUT2D eigenvalue weighted by molar-refractivity contribution is 14.1. The number of rotatable bonds is 0. The van der Waals surface area contributed by atoms with E-state index in [1.165, 1.54) is 0 Å². The molecule has 6 heteroatoms. The Balaban J connectivity index is 3.62. The average molecular weight is 272 g/mol. The van der Waals surface area contributed by atoms with E-state index in [0.717, 1.165) is 8.85 Å². The monoisotopic (exact) mass is 272 g/mol. The maximum atomic E-state index is 10.7. The molecule has 0 unspecified atom stereocenters. The van der Waals surface area contributed by atoms with Crippen LogP contribution in [0.4, 0.5) is 0 Å². The number of halogens is 2. The molecule has 1 rings (SSSR count). The topological polar surface area (TPSA) is 54.9 Å². The van der Waals surface area contributed by atoms with Crippen molar-refractivity contribution in [2.45, 2.75) is 0 Å². The van der Waals surface area contributed by atoms with Gasteiger partial charge in [0.2, 0.25) is 0 Å². The standard InChI is InChI=1S/C4H2ClIN2O2/c5-2-1-3(9)8(6)4(10)7-2/h1H,(H,7,10). The van der Waals surface area contributed by atoms with Gasteiger partial charge in [0.15, 0.2) is 0 Å². The van der Waals surface area contributed by atoms with Gasteiger partial charge in [-0.2, -0.15) is 2.78 Å². The summed E-state index contributed by atoms with van der Waals surface area (Å²) in [5.74, 6) is 0. The molecule has 0 spiro atoms. The van der Waals surface area contributed by atoms with Gasteiger partial charge in [-0.1, -0.05) is 11.6 Å². The van der Waals surface area contributed by atoms with Gasteiger partial charge in [-0.05, 0) is 0 Å². The molecule has 1 aromatic rings. The lowest BCUT2D eigenvalue weighted by molar-refractivity contribution is 1.01. The largest absolute Gasteiger partial charge is 0.338 e. The zero-order valence-corrected chi connectivity index (χ0v) is 7.51. The van der Waals surface area contributed by atoms with Crippen molar-refractivity contribution in [2.24, 2.45) is 0 Å². The summed E-state index contributed by atoms with van der Waals surface area (Å²) in [6.07, 6.45) is 0. The summed E-state index contributed by atoms with van der Waals surface area (Å²) in [5, 5.41) is 0.0583. The van der Waals surface area contributed by atoms with Crippen molar-refractivity contribution in [1.82, 2.24) is 7.76 Å². The Kier molecular flexibility index (Phi) is 2.14. The van der Waals surface area contributed by atoms with Gasteiger partial charge in [0.05, 0.1) is 22.9 Å². The number of nitrogens with zero attached hydrogens (tertiary/aromatic N) is 1. The van der Waals surface area contributed by atoms with Gasteiger partial charge in [0, 0.05) is 6.07 Å². The van der Waals surface area contributed by atoms with E-state index in [4.69, 9.17) is 11.6 Å². The Labute approximate surface area is 74.3 Å². The second-order valence-electron chi connectivity index (χ2n) is 1.54. The highest BCUT2D eigenvalue weighted by atomic mass is 127. The third kappa shape index (κ3) is 1.40. The lowest BCUT2D eigenvalue weighted by Gasteiger charge is -1.90. The van der Waals surface area contributed by atoms with E-state index >= 15 is 0 Å². The summed E-state index contributed by atoms with van der Waals surface area (Å²) in [7, 11) is 0. The number of aromatic amines is 1. The molecule has 0 aliphatic heterocycles. The molecule has 1 N–H and O–H groups in total. The summed E-state index contributed by atoms with van der Waals surface area (Å²) < 4.78 is 0.906. The fraction of sp³-hybridized carbons (Fsp3) is 0. The minimum absolute atomic E-state index is 0.0583. The van der Waals surface area contributed by atoms with Crippen molar-refractivity contribution in [3.05, 3.63) is 32.1 Å². The summed E-state index contributed by atoms with van der Waals surface area (Å²) in [5.41, 5.74) is -0.938. The van der Waals surface area contributed by atoms with E-state index in [1.54, 1.807) is 22.9 Å². The molecule has 0 bridgehead atoms. The molecule has 1 heterocycles. The van der Waals surface area contributed by atoms with E-state index in [2.05, 4.69) is 4.98 Å². The third-order valence-corrected chi connectivity index (χ3v) is 1.97. The van der Waals surface area contributed by atoms with E-state index in [0.29, 0.717) is 0 Å². The Morgan fingerprint density at radius 2 is 2.20 bits per heavy atom. The van der Waals surface area contributed by atoms with E-state index in [9.17, 15) is 9.59 Å². The first-order valence-electron chi connectivity index (χ1n) is 2.29. The van der Waals surface area contributed by atoms with Crippen LogP contribution in [-0.2, 0) is 0 Å². The van der Waals surface area contributed by atoms with Gasteiger partial charge in [0.25, 0.3) is 5.56 Å². The molecule has 54 valence electrons. The Hall–Kier alpha value is -0.300. The van der Waals surface area contributed by atoms with Crippen LogP contribution in [0, 0.1) is 0 Å². The van der Waals surface area contributed by atoms with E-state index < -0.39 is 11.2 Å². The molecule has 0 aromatic carbocycles. The fourth-order valence-electron chi connectivity index (χ4n) is 0.452. The molecule has 0 aliphatic carbocycles. The van der Waals surface area contributed by atoms with Crippen molar-refractivity contribution < 1.29 is 0 Å². The number of H-pyrrole nitrogens is 1. The highest BCUT2D eigenvalue weighted by Gasteiger charge is 1.97. The molecule has 1 aromatic heterocycles. The van der Waals surface area contributed by atoms with Gasteiger partial charge in [0.1, 0.15) is 5.15 Å². The normalized spacial score (nSPS) is 9.80. The first-order valence-corrected chi connectivity index (χ1v) is 3.63. The Bertz CT molecular complexity index is 324. The van der Waals surface area contributed by atoms with Gasteiger partial charge < -0.3 is 0 Å². The maximum absolute atomic E-state index is 10.7. The SMILES string of the molecule is O=c1cc(Cl)[nH]c(=O)n1I. The third-order valence-electron chi connectivity index (χ3n) is 0.848. The van der Waals surface area contributed by atoms with Gasteiger partial charge in [-0.25, -0.2) is 4.79 Å². The summed E-state index contributed by atoms with van der Waals surface area (Å²) in [6, 6.07) is 1.13. The van der Waals surface area contributed by atoms with Crippen LogP contribution in [0.3, 0.4) is 0 Å². The van der Waals surface area contributed by atoms with Crippen molar-refractivity contribution in [3.63, 3.8) is 0 Å². The van der Waals surface area contributed by atoms with Crippen molar-refractivity contribution in [1.29, 1.82) is 0 Å². The van der Waals surface area contributed by atoms with Crippen molar-refractivity contribution in [3.8, 4) is 0 Å². The summed E-state index contributed by atoms with van der Waals surface area (Å²) >= 11 is 6.94. The minimum Gasteiger partial charge on any atom is -0.297 e. The van der Waals surface area contributed by atoms with Crippen molar-refractivity contribution in [2.75, 3.05) is 0 Å². The molecule has 10 heavy (non-hydrogen) atoms. The van der Waals surface area contributed by atoms with Crippen LogP contribution in [-0.4, -0.2) is 7.76 Å². The lowest BCUT2D eigenvalue weighted by atomic mass is 10.7. The predicted octanol–water partition coefficient (Wildman–Crippen LogP) is 0.388. The van der Waals surface area contributed by atoms with Crippen LogP contribution in [0.1, 0.15) is 0 Å². The fourth-order valence-corrected chi connectivity index (χ4v) is 0.887. The lowest BCUT2D eigenvalue weighted by Crippen LogP contribution is -2.27. The molecule has 0 fully saturated rings. The molecule has 0 aliphatic rings. The van der Waals surface area contributed by atoms with E-state index in [1.807, 2.05) is 0 Å². The van der Waals surface area contributed by atoms with Crippen molar-refractivity contribution >= 4 is 34.5 Å². The second kappa shape index (κ2) is 2.75. The summed E-state index contributed by atoms with van der Waals surface area (Å²) in [6.45, 7) is 0. The molecule has 0 saturated heterocycles. The predicted molar refractivity (Wildman–Crippen MR) is 45.8 cm³/mol. The average Bonchev–Trinajstić information content (AvgIpc) is 1.82. The molecule has 0 amide bonds. The van der Waals surface area contributed by atoms with Gasteiger partial charge >= 0.3 is 5.69 Å². The Morgan fingerprint density at radius 1 is 1.60 bits per heavy atom.